The zero-order valence-corrected chi connectivity index (χ0v) is 12.8. The molecule has 1 aromatic carbocycles. The number of aliphatic hydroxyl groups is 1. The number of hydrogen-bond acceptors (Lipinski definition) is 5. The molecule has 1 fully saturated rings. The Kier molecular flexibility index (Phi) is 3.59. The van der Waals surface area contributed by atoms with Crippen molar-refractivity contribution in [2.45, 2.75) is 31.8 Å². The molecule has 2 heterocycles. The highest BCUT2D eigenvalue weighted by Crippen LogP contribution is 2.26. The second kappa shape index (κ2) is 5.27. The SMILES string of the molecule is CC1(O)CCCN(C(=O)c2ccc3nc(N)sc3c2)CC1. The Labute approximate surface area is 127 Å². The van der Waals surface area contributed by atoms with Crippen molar-refractivity contribution in [2.24, 2.45) is 0 Å². The molecule has 3 N–H and O–H groups in total. The number of carbonyl (C=O) groups is 1. The van der Waals surface area contributed by atoms with E-state index in [1.54, 1.807) is 6.07 Å². The van der Waals surface area contributed by atoms with Gasteiger partial charge in [-0.05, 0) is 44.4 Å². The van der Waals surface area contributed by atoms with Crippen molar-refractivity contribution in [3.63, 3.8) is 0 Å². The number of hydrogen-bond donors (Lipinski definition) is 2. The molecule has 1 aromatic heterocycles. The monoisotopic (exact) mass is 305 g/mol. The van der Waals surface area contributed by atoms with Gasteiger partial charge in [0.1, 0.15) is 0 Å². The number of nitrogens with zero attached hydrogens (tertiary/aromatic N) is 2. The third-order valence-corrected chi connectivity index (χ3v) is 4.85. The first-order valence-corrected chi connectivity index (χ1v) is 7.94. The molecular weight excluding hydrogens is 286 g/mol. The fourth-order valence-corrected chi connectivity index (χ4v) is 3.50. The van der Waals surface area contributed by atoms with Crippen LogP contribution in [0.25, 0.3) is 10.2 Å². The summed E-state index contributed by atoms with van der Waals surface area (Å²) in [5.74, 6) is 0.0153. The molecule has 1 saturated heterocycles. The lowest BCUT2D eigenvalue weighted by atomic mass is 9.98. The maximum atomic E-state index is 12.6. The van der Waals surface area contributed by atoms with Crippen LogP contribution in [0.3, 0.4) is 0 Å². The molecule has 0 radical (unpaired) electrons. The largest absolute Gasteiger partial charge is 0.390 e. The molecule has 21 heavy (non-hydrogen) atoms. The van der Waals surface area contributed by atoms with Crippen LogP contribution >= 0.6 is 11.3 Å². The van der Waals surface area contributed by atoms with Crippen molar-refractivity contribution in [2.75, 3.05) is 18.8 Å². The predicted molar refractivity (Wildman–Crippen MR) is 84.4 cm³/mol. The highest BCUT2D eigenvalue weighted by Gasteiger charge is 2.27. The lowest BCUT2D eigenvalue weighted by Gasteiger charge is -2.22. The lowest BCUT2D eigenvalue weighted by molar-refractivity contribution is 0.0438. The maximum absolute atomic E-state index is 12.6. The number of carbonyl (C=O) groups excluding carboxylic acids is 1. The second-order valence-electron chi connectivity index (χ2n) is 5.88. The van der Waals surface area contributed by atoms with E-state index in [-0.39, 0.29) is 5.91 Å². The Balaban J connectivity index is 1.82. The summed E-state index contributed by atoms with van der Waals surface area (Å²) in [6.07, 6.45) is 2.18. The van der Waals surface area contributed by atoms with Crippen LogP contribution in [0.5, 0.6) is 0 Å². The fraction of sp³-hybridized carbons (Fsp3) is 0.467. The number of benzene rings is 1. The van der Waals surface area contributed by atoms with Crippen LogP contribution in [0, 0.1) is 0 Å². The zero-order valence-electron chi connectivity index (χ0n) is 12.0. The zero-order chi connectivity index (χ0) is 15.0. The number of nitrogen functional groups attached to an aromatic ring is 1. The summed E-state index contributed by atoms with van der Waals surface area (Å²) < 4.78 is 0.931. The van der Waals surface area contributed by atoms with Gasteiger partial charge >= 0.3 is 0 Å². The molecule has 1 aliphatic rings. The van der Waals surface area contributed by atoms with E-state index < -0.39 is 5.60 Å². The summed E-state index contributed by atoms with van der Waals surface area (Å²) >= 11 is 1.39. The minimum absolute atomic E-state index is 0.0153. The van der Waals surface area contributed by atoms with Crippen molar-refractivity contribution in [1.29, 1.82) is 0 Å². The first kappa shape index (κ1) is 14.3. The third kappa shape index (κ3) is 3.01. The maximum Gasteiger partial charge on any atom is 0.253 e. The summed E-state index contributed by atoms with van der Waals surface area (Å²) in [5, 5.41) is 10.6. The number of nitrogens with two attached hydrogens (primary N) is 1. The van der Waals surface area contributed by atoms with E-state index in [0.717, 1.165) is 23.1 Å². The van der Waals surface area contributed by atoms with Crippen LogP contribution in [0.2, 0.25) is 0 Å². The molecule has 1 unspecified atom stereocenters. The van der Waals surface area contributed by atoms with Crippen molar-refractivity contribution >= 4 is 32.6 Å². The number of fused-ring (bicyclic) bond motifs is 1. The van der Waals surface area contributed by atoms with Gasteiger partial charge in [-0.3, -0.25) is 4.79 Å². The van der Waals surface area contributed by atoms with Crippen LogP contribution in [-0.2, 0) is 0 Å². The van der Waals surface area contributed by atoms with Gasteiger partial charge in [0.2, 0.25) is 0 Å². The van der Waals surface area contributed by atoms with Crippen LogP contribution < -0.4 is 5.73 Å². The topological polar surface area (TPSA) is 79.5 Å². The van der Waals surface area contributed by atoms with Gasteiger partial charge in [0, 0.05) is 18.7 Å². The third-order valence-electron chi connectivity index (χ3n) is 4.00. The van der Waals surface area contributed by atoms with Gasteiger partial charge in [0.15, 0.2) is 5.13 Å². The average molecular weight is 305 g/mol. The first-order chi connectivity index (χ1) is 9.94. The predicted octanol–water partition coefficient (Wildman–Crippen LogP) is 2.26. The number of aromatic nitrogens is 1. The minimum Gasteiger partial charge on any atom is -0.390 e. The first-order valence-electron chi connectivity index (χ1n) is 7.12. The number of likely N-dealkylation sites (tertiary alicyclic amines) is 1. The summed E-state index contributed by atoms with van der Waals surface area (Å²) in [7, 11) is 0. The Morgan fingerprint density at radius 3 is 3.05 bits per heavy atom. The number of rotatable bonds is 1. The van der Waals surface area contributed by atoms with E-state index in [0.29, 0.717) is 30.2 Å². The molecular formula is C15H19N3O2S. The highest BCUT2D eigenvalue weighted by atomic mass is 32.1. The molecule has 0 bridgehead atoms. The summed E-state index contributed by atoms with van der Waals surface area (Å²) in [6.45, 7) is 3.12. The van der Waals surface area contributed by atoms with Gasteiger partial charge in [0.05, 0.1) is 15.8 Å². The smallest absolute Gasteiger partial charge is 0.253 e. The van der Waals surface area contributed by atoms with Gasteiger partial charge in [0.25, 0.3) is 5.91 Å². The van der Waals surface area contributed by atoms with Crippen LogP contribution in [-0.4, -0.2) is 39.6 Å². The van der Waals surface area contributed by atoms with E-state index in [2.05, 4.69) is 4.98 Å². The van der Waals surface area contributed by atoms with E-state index >= 15 is 0 Å². The fourth-order valence-electron chi connectivity index (χ4n) is 2.72. The number of thiazole rings is 1. The van der Waals surface area contributed by atoms with Crippen molar-refractivity contribution in [1.82, 2.24) is 9.88 Å². The highest BCUT2D eigenvalue weighted by molar-refractivity contribution is 7.22. The van der Waals surface area contributed by atoms with Gasteiger partial charge in [-0.15, -0.1) is 0 Å². The Morgan fingerprint density at radius 2 is 2.24 bits per heavy atom. The molecule has 5 nitrogen and oxygen atoms in total. The molecule has 0 spiro atoms. The van der Waals surface area contributed by atoms with E-state index in [4.69, 9.17) is 5.73 Å². The minimum atomic E-state index is -0.662. The summed E-state index contributed by atoms with van der Waals surface area (Å²) in [4.78, 5) is 18.6. The molecule has 1 aliphatic heterocycles. The van der Waals surface area contributed by atoms with Crippen LogP contribution in [0.15, 0.2) is 18.2 Å². The van der Waals surface area contributed by atoms with Gasteiger partial charge in [-0.25, -0.2) is 4.98 Å². The lowest BCUT2D eigenvalue weighted by Crippen LogP contribution is -2.33. The van der Waals surface area contributed by atoms with Crippen molar-refractivity contribution in [3.8, 4) is 0 Å². The molecule has 2 aromatic rings. The Bertz CT molecular complexity index is 681. The molecule has 1 amide bonds. The van der Waals surface area contributed by atoms with Crippen LogP contribution in [0.4, 0.5) is 5.13 Å². The molecule has 0 aliphatic carbocycles. The van der Waals surface area contributed by atoms with E-state index in [1.165, 1.54) is 11.3 Å². The summed E-state index contributed by atoms with van der Waals surface area (Å²) in [5.41, 5.74) is 6.52. The van der Waals surface area contributed by atoms with Crippen molar-refractivity contribution in [3.05, 3.63) is 23.8 Å². The van der Waals surface area contributed by atoms with Gasteiger partial charge < -0.3 is 15.7 Å². The molecule has 1 atom stereocenters. The van der Waals surface area contributed by atoms with Gasteiger partial charge in [-0.1, -0.05) is 11.3 Å². The van der Waals surface area contributed by atoms with E-state index in [1.807, 2.05) is 24.0 Å². The second-order valence-corrected chi connectivity index (χ2v) is 6.94. The van der Waals surface area contributed by atoms with Crippen molar-refractivity contribution < 1.29 is 9.90 Å². The number of anilines is 1. The molecule has 6 heteroatoms. The molecule has 112 valence electrons. The molecule has 3 rings (SSSR count). The summed E-state index contributed by atoms with van der Waals surface area (Å²) in [6, 6.07) is 5.49. The molecule has 0 saturated carbocycles. The quantitative estimate of drug-likeness (QED) is 0.847. The standard InChI is InChI=1S/C15H19N3O2S/c1-15(20)5-2-7-18(8-6-15)13(19)10-3-4-11-12(9-10)21-14(16)17-11/h3-4,9,20H,2,5-8H2,1H3,(H2,16,17). The van der Waals surface area contributed by atoms with E-state index in [9.17, 15) is 9.90 Å². The van der Waals surface area contributed by atoms with Gasteiger partial charge in [-0.2, -0.15) is 0 Å². The average Bonchev–Trinajstić information content (AvgIpc) is 2.70. The van der Waals surface area contributed by atoms with Crippen LogP contribution in [0.1, 0.15) is 36.5 Å². The number of amides is 1. The Morgan fingerprint density at radius 1 is 1.43 bits per heavy atom. The Hall–Kier alpha value is -1.66. The normalized spacial score (nSPS) is 23.2.